The van der Waals surface area contributed by atoms with Gasteiger partial charge in [-0.15, -0.1) is 0 Å². The first-order chi connectivity index (χ1) is 7.74. The Kier molecular flexibility index (Phi) is 3.78. The standard InChI is InChI=1S/C11H19NO4/c1-2-15-10(13)5-9-6-14-8-11(16-9)3-4-12-7-11/h9,12H,2-8H2,1H3. The molecule has 0 aliphatic carbocycles. The van der Waals surface area contributed by atoms with Gasteiger partial charge in [0.15, 0.2) is 0 Å². The molecule has 1 N–H and O–H groups in total. The zero-order chi connectivity index (χ0) is 11.4. The summed E-state index contributed by atoms with van der Waals surface area (Å²) in [5, 5.41) is 3.26. The van der Waals surface area contributed by atoms with Crippen molar-refractivity contribution < 1.29 is 19.0 Å². The number of hydrogen-bond acceptors (Lipinski definition) is 5. The van der Waals surface area contributed by atoms with Gasteiger partial charge in [-0.1, -0.05) is 0 Å². The van der Waals surface area contributed by atoms with Crippen molar-refractivity contribution in [2.75, 3.05) is 32.9 Å². The van der Waals surface area contributed by atoms with Gasteiger partial charge in [0, 0.05) is 6.54 Å². The lowest BCUT2D eigenvalue weighted by Crippen LogP contribution is -2.49. The molecule has 2 rings (SSSR count). The van der Waals surface area contributed by atoms with E-state index in [0.717, 1.165) is 19.5 Å². The van der Waals surface area contributed by atoms with Crippen LogP contribution in [0.1, 0.15) is 19.8 Å². The summed E-state index contributed by atoms with van der Waals surface area (Å²) in [6.07, 6.45) is 1.08. The van der Waals surface area contributed by atoms with Crippen LogP contribution in [0.5, 0.6) is 0 Å². The minimum Gasteiger partial charge on any atom is -0.466 e. The molecular formula is C11H19NO4. The number of rotatable bonds is 3. The monoisotopic (exact) mass is 229 g/mol. The van der Waals surface area contributed by atoms with E-state index in [2.05, 4.69) is 5.32 Å². The first-order valence-corrected chi connectivity index (χ1v) is 5.86. The average molecular weight is 229 g/mol. The smallest absolute Gasteiger partial charge is 0.308 e. The fraction of sp³-hybridized carbons (Fsp3) is 0.909. The number of ether oxygens (including phenoxy) is 3. The van der Waals surface area contributed by atoms with Crippen LogP contribution >= 0.6 is 0 Å². The van der Waals surface area contributed by atoms with E-state index < -0.39 is 0 Å². The first kappa shape index (κ1) is 11.8. The fourth-order valence-corrected chi connectivity index (χ4v) is 2.25. The lowest BCUT2D eigenvalue weighted by molar-refractivity contribution is -0.196. The molecule has 2 heterocycles. The van der Waals surface area contributed by atoms with Gasteiger partial charge in [-0.25, -0.2) is 0 Å². The van der Waals surface area contributed by atoms with Crippen LogP contribution < -0.4 is 5.32 Å². The molecule has 2 aliphatic heterocycles. The number of nitrogens with one attached hydrogen (secondary N) is 1. The van der Waals surface area contributed by atoms with E-state index in [1.54, 1.807) is 6.92 Å². The summed E-state index contributed by atoms with van der Waals surface area (Å²) in [5.41, 5.74) is -0.213. The van der Waals surface area contributed by atoms with E-state index in [0.29, 0.717) is 19.8 Å². The second-order valence-electron chi connectivity index (χ2n) is 4.37. The molecule has 0 aromatic heterocycles. The van der Waals surface area contributed by atoms with Crippen LogP contribution in [0.2, 0.25) is 0 Å². The molecule has 0 saturated carbocycles. The number of carbonyl (C=O) groups is 1. The van der Waals surface area contributed by atoms with E-state index >= 15 is 0 Å². The van der Waals surface area contributed by atoms with Gasteiger partial charge in [0.25, 0.3) is 0 Å². The van der Waals surface area contributed by atoms with Crippen LogP contribution in [0.3, 0.4) is 0 Å². The molecule has 2 aliphatic rings. The number of carbonyl (C=O) groups excluding carboxylic acids is 1. The van der Waals surface area contributed by atoms with E-state index in [1.165, 1.54) is 0 Å². The third-order valence-corrected chi connectivity index (χ3v) is 2.99. The van der Waals surface area contributed by atoms with Gasteiger partial charge in [0.1, 0.15) is 5.60 Å². The molecule has 0 amide bonds. The van der Waals surface area contributed by atoms with E-state index in [-0.39, 0.29) is 24.1 Å². The summed E-state index contributed by atoms with van der Waals surface area (Å²) in [7, 11) is 0. The molecule has 16 heavy (non-hydrogen) atoms. The molecular weight excluding hydrogens is 210 g/mol. The minimum absolute atomic E-state index is 0.160. The van der Waals surface area contributed by atoms with Crippen LogP contribution in [0.25, 0.3) is 0 Å². The summed E-state index contributed by atoms with van der Waals surface area (Å²) in [6, 6.07) is 0. The Balaban J connectivity index is 1.84. The maximum absolute atomic E-state index is 11.3. The molecule has 2 fully saturated rings. The molecule has 5 heteroatoms. The quantitative estimate of drug-likeness (QED) is 0.695. The van der Waals surface area contributed by atoms with Crippen LogP contribution in [0, 0.1) is 0 Å². The topological polar surface area (TPSA) is 56.8 Å². The first-order valence-electron chi connectivity index (χ1n) is 5.86. The summed E-state index contributed by atoms with van der Waals surface area (Å²) in [6.45, 7) is 5.10. The largest absolute Gasteiger partial charge is 0.466 e. The van der Waals surface area contributed by atoms with E-state index in [9.17, 15) is 4.79 Å². The SMILES string of the molecule is CCOC(=O)CC1COCC2(CCNC2)O1. The van der Waals surface area contributed by atoms with Gasteiger partial charge in [-0.05, 0) is 19.9 Å². The van der Waals surface area contributed by atoms with Crippen molar-refractivity contribution >= 4 is 5.97 Å². The van der Waals surface area contributed by atoms with Crippen molar-refractivity contribution in [2.24, 2.45) is 0 Å². The Morgan fingerprint density at radius 2 is 2.50 bits per heavy atom. The third kappa shape index (κ3) is 2.72. The molecule has 0 bridgehead atoms. The van der Waals surface area contributed by atoms with Crippen molar-refractivity contribution in [3.63, 3.8) is 0 Å². The Morgan fingerprint density at radius 1 is 1.62 bits per heavy atom. The van der Waals surface area contributed by atoms with Crippen LogP contribution in [-0.2, 0) is 19.0 Å². The second-order valence-corrected chi connectivity index (χ2v) is 4.37. The zero-order valence-corrected chi connectivity index (χ0v) is 9.66. The lowest BCUT2D eigenvalue weighted by atomic mass is 10.0. The van der Waals surface area contributed by atoms with Gasteiger partial charge < -0.3 is 19.5 Å². The highest BCUT2D eigenvalue weighted by Gasteiger charge is 2.41. The molecule has 1 spiro atoms. The molecule has 0 aromatic rings. The molecule has 0 aromatic carbocycles. The minimum atomic E-state index is -0.213. The van der Waals surface area contributed by atoms with Crippen molar-refractivity contribution in [3.8, 4) is 0 Å². The van der Waals surface area contributed by atoms with E-state index in [4.69, 9.17) is 14.2 Å². The zero-order valence-electron chi connectivity index (χ0n) is 9.66. The summed E-state index contributed by atoms with van der Waals surface area (Å²) in [5.74, 6) is -0.209. The summed E-state index contributed by atoms with van der Waals surface area (Å²) >= 11 is 0. The normalized spacial score (nSPS) is 34.2. The van der Waals surface area contributed by atoms with Crippen molar-refractivity contribution in [2.45, 2.75) is 31.5 Å². The number of hydrogen-bond donors (Lipinski definition) is 1. The van der Waals surface area contributed by atoms with Crippen LogP contribution in [-0.4, -0.2) is 50.6 Å². The Hall–Kier alpha value is -0.650. The van der Waals surface area contributed by atoms with Crippen molar-refractivity contribution in [3.05, 3.63) is 0 Å². The van der Waals surface area contributed by atoms with Crippen molar-refractivity contribution in [1.29, 1.82) is 0 Å². The van der Waals surface area contributed by atoms with Gasteiger partial charge in [0.05, 0.1) is 32.3 Å². The highest BCUT2D eigenvalue weighted by Crippen LogP contribution is 2.27. The predicted molar refractivity (Wildman–Crippen MR) is 57.2 cm³/mol. The predicted octanol–water partition coefficient (Wildman–Crippen LogP) is 0.0871. The summed E-state index contributed by atoms with van der Waals surface area (Å²) in [4.78, 5) is 11.3. The molecule has 2 saturated heterocycles. The molecule has 0 radical (unpaired) electrons. The Bertz CT molecular complexity index is 250. The molecule has 2 unspecified atom stereocenters. The van der Waals surface area contributed by atoms with Crippen molar-refractivity contribution in [1.82, 2.24) is 5.32 Å². The Morgan fingerprint density at radius 3 is 3.19 bits per heavy atom. The number of esters is 1. The second kappa shape index (κ2) is 5.12. The third-order valence-electron chi connectivity index (χ3n) is 2.99. The van der Waals surface area contributed by atoms with Gasteiger partial charge in [0.2, 0.25) is 0 Å². The Labute approximate surface area is 95.4 Å². The van der Waals surface area contributed by atoms with Gasteiger partial charge in [-0.2, -0.15) is 0 Å². The van der Waals surface area contributed by atoms with E-state index in [1.807, 2.05) is 0 Å². The molecule has 92 valence electrons. The lowest BCUT2D eigenvalue weighted by Gasteiger charge is -2.37. The highest BCUT2D eigenvalue weighted by atomic mass is 16.6. The van der Waals surface area contributed by atoms with Crippen LogP contribution in [0.4, 0.5) is 0 Å². The molecule has 5 nitrogen and oxygen atoms in total. The van der Waals surface area contributed by atoms with Crippen LogP contribution in [0.15, 0.2) is 0 Å². The molecule has 2 atom stereocenters. The highest BCUT2D eigenvalue weighted by molar-refractivity contribution is 5.69. The summed E-state index contributed by atoms with van der Waals surface area (Å²) < 4.78 is 16.4. The maximum atomic E-state index is 11.3. The van der Waals surface area contributed by atoms with Gasteiger partial charge in [-0.3, -0.25) is 4.79 Å². The fourth-order valence-electron chi connectivity index (χ4n) is 2.25. The average Bonchev–Trinajstić information content (AvgIpc) is 2.66. The maximum Gasteiger partial charge on any atom is 0.308 e. The van der Waals surface area contributed by atoms with Gasteiger partial charge >= 0.3 is 5.97 Å².